The first kappa shape index (κ1) is 15.2. The van der Waals surface area contributed by atoms with Crippen LogP contribution in [0.25, 0.3) is 0 Å². The van der Waals surface area contributed by atoms with Gasteiger partial charge in [0.1, 0.15) is 5.82 Å². The maximum Gasteiger partial charge on any atom is 0.111 e. The van der Waals surface area contributed by atoms with Gasteiger partial charge in [0, 0.05) is 30.9 Å². The molecule has 0 aromatic carbocycles. The van der Waals surface area contributed by atoms with E-state index in [1.54, 1.807) is 0 Å². The van der Waals surface area contributed by atoms with Crippen LogP contribution in [0, 0.1) is 0 Å². The Morgan fingerprint density at radius 2 is 2.11 bits per heavy atom. The molecular weight excluding hydrogens is 226 g/mol. The molecule has 0 amide bonds. The number of likely N-dealkylation sites (N-methyl/N-ethyl adjacent to an activating group) is 1. The van der Waals surface area contributed by atoms with Gasteiger partial charge in [-0.2, -0.15) is 0 Å². The van der Waals surface area contributed by atoms with E-state index in [2.05, 4.69) is 35.2 Å². The molecule has 0 saturated carbocycles. The lowest BCUT2D eigenvalue weighted by molar-refractivity contribution is 0.00144. The third-order valence-electron chi connectivity index (χ3n) is 4.10. The third-order valence-corrected chi connectivity index (χ3v) is 4.10. The predicted octanol–water partition coefficient (Wildman–Crippen LogP) is 1.93. The highest BCUT2D eigenvalue weighted by molar-refractivity contribution is 5.00. The summed E-state index contributed by atoms with van der Waals surface area (Å²) in [5.41, 5.74) is -0.205. The number of aromatic nitrogens is 2. The second-order valence-corrected chi connectivity index (χ2v) is 5.36. The van der Waals surface area contributed by atoms with Gasteiger partial charge in [-0.15, -0.1) is 0 Å². The number of aliphatic hydroxyl groups excluding tert-OH is 1. The van der Waals surface area contributed by atoms with Crippen LogP contribution in [-0.4, -0.2) is 45.3 Å². The van der Waals surface area contributed by atoms with Crippen LogP contribution in [0.5, 0.6) is 0 Å². The standard InChI is InChI=1S/C14H27N3O/c1-6-9-17-10-8-15-13(17)11-12(18)14(3,7-2)16(4)5/h8,10,12,18H,6-7,9,11H2,1-5H3. The van der Waals surface area contributed by atoms with E-state index >= 15 is 0 Å². The van der Waals surface area contributed by atoms with Crippen molar-refractivity contribution in [2.75, 3.05) is 14.1 Å². The predicted molar refractivity (Wildman–Crippen MR) is 74.6 cm³/mol. The van der Waals surface area contributed by atoms with Gasteiger partial charge in [0.15, 0.2) is 0 Å². The first-order valence-corrected chi connectivity index (χ1v) is 6.81. The molecule has 0 aliphatic heterocycles. The van der Waals surface area contributed by atoms with Crippen molar-refractivity contribution in [3.8, 4) is 0 Å². The number of rotatable bonds is 7. The summed E-state index contributed by atoms with van der Waals surface area (Å²) in [4.78, 5) is 6.47. The molecule has 1 heterocycles. The Hall–Kier alpha value is -0.870. The minimum atomic E-state index is -0.407. The third kappa shape index (κ3) is 3.12. The van der Waals surface area contributed by atoms with Crippen molar-refractivity contribution in [1.29, 1.82) is 0 Å². The first-order chi connectivity index (χ1) is 8.45. The summed E-state index contributed by atoms with van der Waals surface area (Å²) < 4.78 is 2.13. The summed E-state index contributed by atoms with van der Waals surface area (Å²) in [6.07, 6.45) is 6.00. The lowest BCUT2D eigenvalue weighted by Crippen LogP contribution is -2.51. The highest BCUT2D eigenvalue weighted by Crippen LogP contribution is 2.23. The second-order valence-electron chi connectivity index (χ2n) is 5.36. The lowest BCUT2D eigenvalue weighted by atomic mass is 9.88. The van der Waals surface area contributed by atoms with Crippen molar-refractivity contribution in [3.05, 3.63) is 18.2 Å². The number of hydrogen-bond donors (Lipinski definition) is 1. The van der Waals surface area contributed by atoms with Crippen LogP contribution in [0.4, 0.5) is 0 Å². The number of hydrogen-bond acceptors (Lipinski definition) is 3. The Labute approximate surface area is 111 Å². The van der Waals surface area contributed by atoms with E-state index in [9.17, 15) is 5.11 Å². The summed E-state index contributed by atoms with van der Waals surface area (Å²) in [7, 11) is 4.04. The summed E-state index contributed by atoms with van der Waals surface area (Å²) in [5.74, 6) is 0.978. The van der Waals surface area contributed by atoms with Crippen LogP contribution < -0.4 is 0 Å². The quantitative estimate of drug-likeness (QED) is 0.807. The van der Waals surface area contributed by atoms with Gasteiger partial charge in [0.25, 0.3) is 0 Å². The molecule has 0 aliphatic carbocycles. The van der Waals surface area contributed by atoms with Gasteiger partial charge in [0.05, 0.1) is 6.10 Å². The number of aryl methyl sites for hydroxylation is 1. The van der Waals surface area contributed by atoms with Crippen molar-refractivity contribution >= 4 is 0 Å². The van der Waals surface area contributed by atoms with Crippen molar-refractivity contribution in [2.24, 2.45) is 0 Å². The highest BCUT2D eigenvalue weighted by atomic mass is 16.3. The topological polar surface area (TPSA) is 41.3 Å². The number of imidazole rings is 1. The molecule has 1 rings (SSSR count). The molecular formula is C14H27N3O. The molecule has 0 bridgehead atoms. The molecule has 4 nitrogen and oxygen atoms in total. The average molecular weight is 253 g/mol. The average Bonchev–Trinajstić information content (AvgIpc) is 2.75. The van der Waals surface area contributed by atoms with Crippen LogP contribution in [-0.2, 0) is 13.0 Å². The summed E-state index contributed by atoms with van der Waals surface area (Å²) in [5, 5.41) is 10.5. The van der Waals surface area contributed by atoms with Gasteiger partial charge >= 0.3 is 0 Å². The Balaban J connectivity index is 2.79. The van der Waals surface area contributed by atoms with Crippen LogP contribution >= 0.6 is 0 Å². The normalized spacial score (nSPS) is 16.8. The Kier molecular flexibility index (Phi) is 5.35. The van der Waals surface area contributed by atoms with Gasteiger partial charge < -0.3 is 14.6 Å². The highest BCUT2D eigenvalue weighted by Gasteiger charge is 2.34. The van der Waals surface area contributed by atoms with E-state index in [0.29, 0.717) is 6.42 Å². The van der Waals surface area contributed by atoms with Gasteiger partial charge in [-0.1, -0.05) is 13.8 Å². The maximum absolute atomic E-state index is 10.5. The van der Waals surface area contributed by atoms with Gasteiger partial charge in [-0.25, -0.2) is 4.98 Å². The molecule has 2 unspecified atom stereocenters. The molecule has 18 heavy (non-hydrogen) atoms. The van der Waals surface area contributed by atoms with E-state index in [1.807, 2.05) is 26.5 Å². The Morgan fingerprint density at radius 3 is 2.61 bits per heavy atom. The van der Waals surface area contributed by atoms with Crippen LogP contribution in [0.15, 0.2) is 12.4 Å². The molecule has 1 aromatic rings. The molecule has 0 saturated heterocycles. The van der Waals surface area contributed by atoms with E-state index < -0.39 is 6.10 Å². The molecule has 0 fully saturated rings. The zero-order chi connectivity index (χ0) is 13.8. The van der Waals surface area contributed by atoms with Crippen molar-refractivity contribution < 1.29 is 5.11 Å². The van der Waals surface area contributed by atoms with Crippen molar-refractivity contribution in [1.82, 2.24) is 14.5 Å². The molecule has 0 spiro atoms. The Morgan fingerprint density at radius 1 is 1.44 bits per heavy atom. The SMILES string of the molecule is CCCn1ccnc1CC(O)C(C)(CC)N(C)C. The van der Waals surface area contributed by atoms with Crippen molar-refractivity contribution in [3.63, 3.8) is 0 Å². The zero-order valence-electron chi connectivity index (χ0n) is 12.3. The van der Waals surface area contributed by atoms with Gasteiger partial charge in [0.2, 0.25) is 0 Å². The van der Waals surface area contributed by atoms with Crippen LogP contribution in [0.2, 0.25) is 0 Å². The molecule has 4 heteroatoms. The maximum atomic E-state index is 10.5. The van der Waals surface area contributed by atoms with Gasteiger partial charge in [-0.05, 0) is 33.9 Å². The second kappa shape index (κ2) is 6.34. The fourth-order valence-electron chi connectivity index (χ4n) is 2.22. The smallest absolute Gasteiger partial charge is 0.111 e. The minimum Gasteiger partial charge on any atom is -0.391 e. The molecule has 0 aliphatic rings. The van der Waals surface area contributed by atoms with Crippen LogP contribution in [0.1, 0.15) is 39.4 Å². The monoisotopic (exact) mass is 253 g/mol. The van der Waals surface area contributed by atoms with E-state index in [4.69, 9.17) is 0 Å². The minimum absolute atomic E-state index is 0.205. The fourth-order valence-corrected chi connectivity index (χ4v) is 2.22. The molecule has 0 radical (unpaired) electrons. The number of nitrogens with zero attached hydrogens (tertiary/aromatic N) is 3. The summed E-state index contributed by atoms with van der Waals surface area (Å²) in [6.45, 7) is 7.33. The summed E-state index contributed by atoms with van der Waals surface area (Å²) >= 11 is 0. The molecule has 1 N–H and O–H groups in total. The molecule has 2 atom stereocenters. The fraction of sp³-hybridized carbons (Fsp3) is 0.786. The van der Waals surface area contributed by atoms with Gasteiger partial charge in [-0.3, -0.25) is 0 Å². The first-order valence-electron chi connectivity index (χ1n) is 6.81. The zero-order valence-corrected chi connectivity index (χ0v) is 12.3. The lowest BCUT2D eigenvalue weighted by Gasteiger charge is -2.39. The van der Waals surface area contributed by atoms with Crippen LogP contribution in [0.3, 0.4) is 0 Å². The molecule has 104 valence electrons. The Bertz CT molecular complexity index is 362. The largest absolute Gasteiger partial charge is 0.391 e. The van der Waals surface area contributed by atoms with E-state index in [-0.39, 0.29) is 5.54 Å². The summed E-state index contributed by atoms with van der Waals surface area (Å²) in [6, 6.07) is 0. The van der Waals surface area contributed by atoms with E-state index in [1.165, 1.54) is 0 Å². The molecule has 1 aromatic heterocycles. The van der Waals surface area contributed by atoms with E-state index in [0.717, 1.165) is 25.2 Å². The van der Waals surface area contributed by atoms with Crippen molar-refractivity contribution in [2.45, 2.75) is 58.2 Å². The number of aliphatic hydroxyl groups is 1.